The summed E-state index contributed by atoms with van der Waals surface area (Å²) in [5.74, 6) is -1.06. The van der Waals surface area contributed by atoms with Crippen molar-refractivity contribution < 1.29 is 9.90 Å². The van der Waals surface area contributed by atoms with Crippen LogP contribution >= 0.6 is 0 Å². The maximum atomic E-state index is 12.1. The van der Waals surface area contributed by atoms with Crippen molar-refractivity contribution >= 4 is 5.91 Å². The number of benzene rings is 2. The number of amides is 1. The molecule has 0 unspecified atom stereocenters. The molecule has 1 aliphatic rings. The molecule has 1 fully saturated rings. The largest absolute Gasteiger partial charge is 0.503 e. The molecule has 1 heterocycles. The molecule has 4 rings (SSSR count). The third-order valence-electron chi connectivity index (χ3n) is 6.00. The molecule has 0 aliphatic heterocycles. The zero-order chi connectivity index (χ0) is 21.1. The van der Waals surface area contributed by atoms with Gasteiger partial charge in [0.05, 0.1) is 12.7 Å². The lowest BCUT2D eigenvalue weighted by Gasteiger charge is -2.31. The zero-order valence-corrected chi connectivity index (χ0v) is 17.0. The number of carbonyl (C=O) groups excluding carboxylic acids is 1. The number of hydrogen-bond donors (Lipinski definition) is 2. The van der Waals surface area contributed by atoms with Crippen LogP contribution in [0, 0.1) is 0 Å². The Bertz CT molecular complexity index is 1120. The fourth-order valence-corrected chi connectivity index (χ4v) is 4.43. The first-order valence-corrected chi connectivity index (χ1v) is 10.2. The second-order valence-electron chi connectivity index (χ2n) is 7.90. The zero-order valence-electron chi connectivity index (χ0n) is 17.0. The average Bonchev–Trinajstić information content (AvgIpc) is 3.26. The van der Waals surface area contributed by atoms with E-state index < -0.39 is 17.1 Å². The SMILES string of the molecule is CNC(=O)c1nn(CC2(c3cccc(-c4ccccc4)c3)CCCC2)cc(O)c1=O. The van der Waals surface area contributed by atoms with Crippen LogP contribution in [0.2, 0.25) is 0 Å². The number of nitrogens with zero attached hydrogens (tertiary/aromatic N) is 2. The molecule has 1 aliphatic carbocycles. The van der Waals surface area contributed by atoms with Gasteiger partial charge in [0.1, 0.15) is 0 Å². The van der Waals surface area contributed by atoms with Crippen molar-refractivity contribution in [1.29, 1.82) is 0 Å². The van der Waals surface area contributed by atoms with E-state index in [4.69, 9.17) is 0 Å². The minimum atomic E-state index is -0.753. The van der Waals surface area contributed by atoms with Crippen LogP contribution in [0.1, 0.15) is 41.7 Å². The van der Waals surface area contributed by atoms with Gasteiger partial charge in [-0.2, -0.15) is 5.10 Å². The molecule has 154 valence electrons. The summed E-state index contributed by atoms with van der Waals surface area (Å²) in [4.78, 5) is 24.2. The van der Waals surface area contributed by atoms with E-state index in [2.05, 4.69) is 46.8 Å². The Balaban J connectivity index is 1.74. The first kappa shape index (κ1) is 19.9. The lowest BCUT2D eigenvalue weighted by atomic mass is 9.78. The van der Waals surface area contributed by atoms with Crippen LogP contribution in [-0.2, 0) is 12.0 Å². The molecule has 1 aromatic heterocycles. The highest BCUT2D eigenvalue weighted by atomic mass is 16.3. The molecular formula is C24H25N3O3. The Morgan fingerprint density at radius 3 is 2.50 bits per heavy atom. The van der Waals surface area contributed by atoms with Crippen LogP contribution < -0.4 is 10.7 Å². The smallest absolute Gasteiger partial charge is 0.275 e. The Hall–Kier alpha value is -3.41. The predicted molar refractivity (Wildman–Crippen MR) is 116 cm³/mol. The predicted octanol–water partition coefficient (Wildman–Crippen LogP) is 3.49. The fraction of sp³-hybridized carbons (Fsp3) is 0.292. The first-order chi connectivity index (χ1) is 14.5. The molecule has 0 radical (unpaired) electrons. The van der Waals surface area contributed by atoms with Gasteiger partial charge in [0.2, 0.25) is 0 Å². The highest BCUT2D eigenvalue weighted by molar-refractivity contribution is 5.92. The lowest BCUT2D eigenvalue weighted by Crippen LogP contribution is -2.33. The fourth-order valence-electron chi connectivity index (χ4n) is 4.43. The van der Waals surface area contributed by atoms with Gasteiger partial charge in [0.15, 0.2) is 11.4 Å². The summed E-state index contributed by atoms with van der Waals surface area (Å²) in [5, 5.41) is 16.8. The van der Waals surface area contributed by atoms with Gasteiger partial charge in [0, 0.05) is 12.5 Å². The van der Waals surface area contributed by atoms with E-state index in [1.807, 2.05) is 18.2 Å². The maximum Gasteiger partial charge on any atom is 0.275 e. The van der Waals surface area contributed by atoms with Gasteiger partial charge in [-0.25, -0.2) is 0 Å². The van der Waals surface area contributed by atoms with Crippen molar-refractivity contribution in [2.24, 2.45) is 0 Å². The van der Waals surface area contributed by atoms with Gasteiger partial charge in [0.25, 0.3) is 11.3 Å². The topological polar surface area (TPSA) is 84.2 Å². The summed E-state index contributed by atoms with van der Waals surface area (Å²) in [6.45, 7) is 0.489. The molecule has 2 aromatic carbocycles. The summed E-state index contributed by atoms with van der Waals surface area (Å²) in [6.07, 6.45) is 5.49. The highest BCUT2D eigenvalue weighted by Crippen LogP contribution is 2.43. The lowest BCUT2D eigenvalue weighted by molar-refractivity contribution is 0.0953. The van der Waals surface area contributed by atoms with Crippen LogP contribution in [0.4, 0.5) is 0 Å². The molecule has 30 heavy (non-hydrogen) atoms. The van der Waals surface area contributed by atoms with Crippen LogP contribution in [0.3, 0.4) is 0 Å². The first-order valence-electron chi connectivity index (χ1n) is 10.2. The molecule has 6 heteroatoms. The Morgan fingerprint density at radius 1 is 1.10 bits per heavy atom. The van der Waals surface area contributed by atoms with Gasteiger partial charge in [-0.3, -0.25) is 14.3 Å². The highest BCUT2D eigenvalue weighted by Gasteiger charge is 2.36. The Morgan fingerprint density at radius 2 is 1.80 bits per heavy atom. The number of aromatic hydroxyl groups is 1. The minimum absolute atomic E-state index is 0.167. The molecule has 6 nitrogen and oxygen atoms in total. The maximum absolute atomic E-state index is 12.1. The van der Waals surface area contributed by atoms with Crippen molar-refractivity contribution in [3.05, 3.63) is 82.3 Å². The van der Waals surface area contributed by atoms with Crippen molar-refractivity contribution in [3.8, 4) is 16.9 Å². The van der Waals surface area contributed by atoms with Crippen LogP contribution in [-0.4, -0.2) is 27.8 Å². The molecule has 0 saturated heterocycles. The van der Waals surface area contributed by atoms with Crippen molar-refractivity contribution in [1.82, 2.24) is 15.1 Å². The molecule has 3 aromatic rings. The van der Waals surface area contributed by atoms with Crippen molar-refractivity contribution in [2.45, 2.75) is 37.6 Å². The third kappa shape index (κ3) is 3.73. The molecule has 2 N–H and O–H groups in total. The summed E-state index contributed by atoms with van der Waals surface area (Å²) in [6, 6.07) is 18.8. The number of hydrogen-bond acceptors (Lipinski definition) is 4. The summed E-state index contributed by atoms with van der Waals surface area (Å²) in [7, 11) is 1.44. The second kappa shape index (κ2) is 8.14. The van der Waals surface area contributed by atoms with Gasteiger partial charge in [-0.15, -0.1) is 0 Å². The summed E-state index contributed by atoms with van der Waals surface area (Å²) >= 11 is 0. The van der Waals surface area contributed by atoms with Crippen LogP contribution in [0.15, 0.2) is 65.6 Å². The molecule has 1 saturated carbocycles. The quantitative estimate of drug-likeness (QED) is 0.683. The van der Waals surface area contributed by atoms with Crippen LogP contribution in [0.5, 0.6) is 5.75 Å². The van der Waals surface area contributed by atoms with E-state index in [1.54, 1.807) is 4.68 Å². The average molecular weight is 403 g/mol. The summed E-state index contributed by atoms with van der Waals surface area (Å²) in [5.41, 5.74) is 2.32. The molecule has 0 atom stereocenters. The third-order valence-corrected chi connectivity index (χ3v) is 6.00. The van der Waals surface area contributed by atoms with Gasteiger partial charge < -0.3 is 10.4 Å². The molecular weight excluding hydrogens is 378 g/mol. The van der Waals surface area contributed by atoms with Gasteiger partial charge in [-0.05, 0) is 29.5 Å². The minimum Gasteiger partial charge on any atom is -0.503 e. The Kier molecular flexibility index (Phi) is 5.40. The molecule has 0 spiro atoms. The van der Waals surface area contributed by atoms with Crippen molar-refractivity contribution in [3.63, 3.8) is 0 Å². The Labute approximate surface area is 175 Å². The van der Waals surface area contributed by atoms with Gasteiger partial charge >= 0.3 is 0 Å². The monoisotopic (exact) mass is 403 g/mol. The normalized spacial score (nSPS) is 15.1. The second-order valence-corrected chi connectivity index (χ2v) is 7.90. The van der Waals surface area contributed by atoms with Crippen molar-refractivity contribution in [2.75, 3.05) is 7.05 Å². The van der Waals surface area contributed by atoms with E-state index in [9.17, 15) is 14.7 Å². The van der Waals surface area contributed by atoms with Crippen LogP contribution in [0.25, 0.3) is 11.1 Å². The van der Waals surface area contributed by atoms with E-state index in [1.165, 1.54) is 18.8 Å². The number of rotatable bonds is 5. The van der Waals surface area contributed by atoms with E-state index in [0.29, 0.717) is 6.54 Å². The molecule has 1 amide bonds. The van der Waals surface area contributed by atoms with E-state index in [-0.39, 0.29) is 11.1 Å². The molecule has 0 bridgehead atoms. The standard InChI is InChI=1S/C24H25N3O3/c1-25-23(30)21-22(29)20(28)15-27(26-21)16-24(12-5-6-13-24)19-11-7-10-18(14-19)17-8-3-2-4-9-17/h2-4,7-11,14-15,28H,5-6,12-13,16H2,1H3,(H,25,30). The number of aromatic nitrogens is 2. The number of carbonyl (C=O) groups is 1. The van der Waals surface area contributed by atoms with E-state index >= 15 is 0 Å². The van der Waals surface area contributed by atoms with E-state index in [0.717, 1.165) is 36.8 Å². The number of nitrogens with one attached hydrogen (secondary N) is 1. The van der Waals surface area contributed by atoms with Gasteiger partial charge in [-0.1, -0.05) is 67.4 Å². The summed E-state index contributed by atoms with van der Waals surface area (Å²) < 4.78 is 1.54.